The summed E-state index contributed by atoms with van der Waals surface area (Å²) in [7, 11) is 0. The van der Waals surface area contributed by atoms with Crippen molar-refractivity contribution in [3.05, 3.63) is 29.8 Å². The molecule has 2 aliphatic carbocycles. The number of ether oxygens (including phenoxy) is 1. The van der Waals surface area contributed by atoms with Gasteiger partial charge in [-0.05, 0) is 79.9 Å². The summed E-state index contributed by atoms with van der Waals surface area (Å²) >= 11 is 0. The fraction of sp³-hybridized carbons (Fsp3) is 0.714. The topological polar surface area (TPSA) is 9.23 Å². The van der Waals surface area contributed by atoms with Crippen molar-refractivity contribution in [3.63, 3.8) is 0 Å². The second-order valence-corrected chi connectivity index (χ2v) is 7.92. The van der Waals surface area contributed by atoms with Gasteiger partial charge in [0, 0.05) is 0 Å². The van der Waals surface area contributed by atoms with E-state index in [1.165, 1.54) is 57.1 Å². The minimum absolute atomic E-state index is 0.127. The molecule has 0 spiro atoms. The van der Waals surface area contributed by atoms with Gasteiger partial charge < -0.3 is 4.74 Å². The molecule has 0 atom stereocenters. The van der Waals surface area contributed by atoms with E-state index in [1.807, 2.05) is 0 Å². The SMILES string of the molecule is CC[C@H]1CC[C@H]([C@H]2CC[C@H](c3ccc(OC(F)(F)F)cc3)CC2)CC1. The molecule has 0 amide bonds. The molecular weight excluding hydrogens is 325 g/mol. The van der Waals surface area contributed by atoms with Crippen LogP contribution in [-0.2, 0) is 0 Å². The molecule has 25 heavy (non-hydrogen) atoms. The quantitative estimate of drug-likeness (QED) is 0.561. The standard InChI is InChI=1S/C21H29F3O/c1-2-15-3-5-16(6-4-15)17-7-9-18(10-8-17)19-11-13-20(14-12-19)25-21(22,23)24/h11-18H,2-10H2,1H3/t15-,16-,17-,18-. The molecule has 2 saturated carbocycles. The smallest absolute Gasteiger partial charge is 0.406 e. The third-order valence-corrected chi connectivity index (χ3v) is 6.49. The maximum absolute atomic E-state index is 12.2. The van der Waals surface area contributed by atoms with Gasteiger partial charge >= 0.3 is 6.36 Å². The van der Waals surface area contributed by atoms with Crippen LogP contribution in [0, 0.1) is 17.8 Å². The van der Waals surface area contributed by atoms with E-state index < -0.39 is 6.36 Å². The second kappa shape index (κ2) is 8.01. The van der Waals surface area contributed by atoms with Gasteiger partial charge in [-0.1, -0.05) is 38.3 Å². The van der Waals surface area contributed by atoms with Crippen molar-refractivity contribution >= 4 is 0 Å². The van der Waals surface area contributed by atoms with E-state index in [0.717, 1.165) is 36.2 Å². The first kappa shape index (κ1) is 18.6. The molecule has 0 N–H and O–H groups in total. The largest absolute Gasteiger partial charge is 0.573 e. The Bertz CT molecular complexity index is 521. The van der Waals surface area contributed by atoms with Crippen LogP contribution in [0.1, 0.15) is 76.2 Å². The van der Waals surface area contributed by atoms with Gasteiger partial charge in [0.2, 0.25) is 0 Å². The summed E-state index contributed by atoms with van der Waals surface area (Å²) < 4.78 is 40.7. The highest BCUT2D eigenvalue weighted by Crippen LogP contribution is 2.44. The number of halogens is 3. The minimum Gasteiger partial charge on any atom is -0.406 e. The first-order valence-electron chi connectivity index (χ1n) is 9.80. The Labute approximate surface area is 149 Å². The van der Waals surface area contributed by atoms with Crippen LogP contribution in [0.3, 0.4) is 0 Å². The monoisotopic (exact) mass is 354 g/mol. The average molecular weight is 354 g/mol. The zero-order valence-electron chi connectivity index (χ0n) is 15.0. The first-order chi connectivity index (χ1) is 11.9. The Hall–Kier alpha value is -1.19. The predicted molar refractivity (Wildman–Crippen MR) is 93.6 cm³/mol. The molecule has 0 bridgehead atoms. The van der Waals surface area contributed by atoms with E-state index in [2.05, 4.69) is 11.7 Å². The van der Waals surface area contributed by atoms with Crippen LogP contribution >= 0.6 is 0 Å². The molecule has 0 aromatic heterocycles. The maximum Gasteiger partial charge on any atom is 0.573 e. The Morgan fingerprint density at radius 3 is 1.84 bits per heavy atom. The summed E-state index contributed by atoms with van der Waals surface area (Å²) in [6, 6.07) is 6.50. The van der Waals surface area contributed by atoms with Crippen molar-refractivity contribution in [2.75, 3.05) is 0 Å². The fourth-order valence-corrected chi connectivity index (χ4v) is 4.93. The summed E-state index contributed by atoms with van der Waals surface area (Å²) in [5.74, 6) is 3.08. The van der Waals surface area contributed by atoms with Gasteiger partial charge in [-0.2, -0.15) is 0 Å². The molecule has 4 heteroatoms. The van der Waals surface area contributed by atoms with Gasteiger partial charge in [-0.15, -0.1) is 13.2 Å². The van der Waals surface area contributed by atoms with Gasteiger partial charge in [-0.25, -0.2) is 0 Å². The summed E-state index contributed by atoms with van der Waals surface area (Å²) in [5.41, 5.74) is 1.16. The van der Waals surface area contributed by atoms with Crippen LogP contribution in [0.2, 0.25) is 0 Å². The highest BCUT2D eigenvalue weighted by molar-refractivity contribution is 5.29. The zero-order chi connectivity index (χ0) is 17.9. The number of hydrogen-bond acceptors (Lipinski definition) is 1. The molecule has 0 radical (unpaired) electrons. The minimum atomic E-state index is -4.61. The van der Waals surface area contributed by atoms with Crippen LogP contribution in [0.5, 0.6) is 5.75 Å². The summed E-state index contributed by atoms with van der Waals surface area (Å²) in [5, 5.41) is 0. The Morgan fingerprint density at radius 1 is 0.840 bits per heavy atom. The van der Waals surface area contributed by atoms with Crippen LogP contribution in [0.4, 0.5) is 13.2 Å². The number of alkyl halides is 3. The third kappa shape index (κ3) is 5.15. The van der Waals surface area contributed by atoms with E-state index >= 15 is 0 Å². The van der Waals surface area contributed by atoms with Crippen molar-refractivity contribution in [2.24, 2.45) is 17.8 Å². The van der Waals surface area contributed by atoms with Crippen molar-refractivity contribution in [1.29, 1.82) is 0 Å². The van der Waals surface area contributed by atoms with Gasteiger partial charge in [0.05, 0.1) is 0 Å². The van der Waals surface area contributed by atoms with Crippen molar-refractivity contribution in [1.82, 2.24) is 0 Å². The van der Waals surface area contributed by atoms with Crippen molar-refractivity contribution in [2.45, 2.75) is 77.0 Å². The van der Waals surface area contributed by atoms with Crippen molar-refractivity contribution < 1.29 is 17.9 Å². The fourth-order valence-electron chi connectivity index (χ4n) is 4.93. The molecule has 0 heterocycles. The molecule has 2 aliphatic rings. The molecule has 0 unspecified atom stereocenters. The molecule has 2 fully saturated rings. The number of hydrogen-bond donors (Lipinski definition) is 0. The van der Waals surface area contributed by atoms with Crippen LogP contribution in [0.15, 0.2) is 24.3 Å². The number of rotatable bonds is 4. The molecule has 3 rings (SSSR count). The van der Waals surface area contributed by atoms with E-state index in [0.29, 0.717) is 5.92 Å². The third-order valence-electron chi connectivity index (χ3n) is 6.49. The lowest BCUT2D eigenvalue weighted by atomic mass is 9.68. The summed E-state index contributed by atoms with van der Waals surface area (Å²) in [4.78, 5) is 0. The van der Waals surface area contributed by atoms with Gasteiger partial charge in [0.25, 0.3) is 0 Å². The maximum atomic E-state index is 12.2. The van der Waals surface area contributed by atoms with E-state index in [9.17, 15) is 13.2 Å². The average Bonchev–Trinajstić information content (AvgIpc) is 2.61. The predicted octanol–water partition coefficient (Wildman–Crippen LogP) is 7.08. The molecule has 1 aromatic rings. The molecule has 0 saturated heterocycles. The molecule has 1 nitrogen and oxygen atoms in total. The lowest BCUT2D eigenvalue weighted by molar-refractivity contribution is -0.274. The van der Waals surface area contributed by atoms with Crippen molar-refractivity contribution in [3.8, 4) is 5.75 Å². The molecule has 140 valence electrons. The summed E-state index contributed by atoms with van der Waals surface area (Å²) in [6.07, 6.45) is 7.19. The zero-order valence-corrected chi connectivity index (χ0v) is 15.0. The first-order valence-corrected chi connectivity index (χ1v) is 9.80. The van der Waals surface area contributed by atoms with Gasteiger partial charge in [0.1, 0.15) is 5.75 Å². The Balaban J connectivity index is 1.49. The van der Waals surface area contributed by atoms with Crippen LogP contribution in [0.25, 0.3) is 0 Å². The highest BCUT2D eigenvalue weighted by atomic mass is 19.4. The van der Waals surface area contributed by atoms with Gasteiger partial charge in [-0.3, -0.25) is 0 Å². The normalized spacial score (nSPS) is 30.9. The summed E-state index contributed by atoms with van der Waals surface area (Å²) in [6.45, 7) is 2.31. The Morgan fingerprint density at radius 2 is 1.36 bits per heavy atom. The van der Waals surface area contributed by atoms with Crippen LogP contribution < -0.4 is 4.74 Å². The van der Waals surface area contributed by atoms with Gasteiger partial charge in [0.15, 0.2) is 0 Å². The molecular formula is C21H29F3O. The van der Waals surface area contributed by atoms with E-state index in [-0.39, 0.29) is 5.75 Å². The highest BCUT2D eigenvalue weighted by Gasteiger charge is 2.32. The number of benzene rings is 1. The second-order valence-electron chi connectivity index (χ2n) is 7.92. The van der Waals surface area contributed by atoms with E-state index in [4.69, 9.17) is 0 Å². The lowest BCUT2D eigenvalue weighted by Crippen LogP contribution is -2.25. The molecule has 1 aromatic carbocycles. The lowest BCUT2D eigenvalue weighted by Gasteiger charge is -2.38. The Kier molecular flexibility index (Phi) is 5.96. The molecule has 0 aliphatic heterocycles. The van der Waals surface area contributed by atoms with E-state index in [1.54, 1.807) is 12.1 Å². The van der Waals surface area contributed by atoms with Crippen LogP contribution in [-0.4, -0.2) is 6.36 Å².